The Morgan fingerprint density at radius 2 is 1.97 bits per heavy atom. The number of allylic oxidation sites excluding steroid dienone is 2. The van der Waals surface area contributed by atoms with Gasteiger partial charge < -0.3 is 10.6 Å². The van der Waals surface area contributed by atoms with Crippen molar-refractivity contribution >= 4 is 62.8 Å². The van der Waals surface area contributed by atoms with Gasteiger partial charge >= 0.3 is 0 Å². The molecule has 0 saturated carbocycles. The minimum atomic E-state index is -1.28. The largest absolute Gasteiger partial charge is 0.341 e. The van der Waals surface area contributed by atoms with Gasteiger partial charge in [0.2, 0.25) is 11.8 Å². The van der Waals surface area contributed by atoms with Gasteiger partial charge in [-0.3, -0.25) is 9.59 Å². The molecular weight excluding hydrogens is 497 g/mol. The van der Waals surface area contributed by atoms with Crippen molar-refractivity contribution in [2.24, 2.45) is 0 Å². The average molecular weight is 525 g/mol. The summed E-state index contributed by atoms with van der Waals surface area (Å²) < 4.78 is 14.4. The molecule has 1 aromatic heterocycles. The van der Waals surface area contributed by atoms with Gasteiger partial charge in [0.1, 0.15) is 17.0 Å². The molecule has 178 valence electrons. The predicted molar refractivity (Wildman–Crippen MR) is 144 cm³/mol. The van der Waals surface area contributed by atoms with Crippen molar-refractivity contribution in [1.82, 2.24) is 14.6 Å². The summed E-state index contributed by atoms with van der Waals surface area (Å²) in [6.07, 6.45) is 8.77. The molecule has 2 atom stereocenters. The van der Waals surface area contributed by atoms with Crippen molar-refractivity contribution in [3.8, 4) is 11.3 Å². The summed E-state index contributed by atoms with van der Waals surface area (Å²) in [5.74, 6) is 0.00891. The van der Waals surface area contributed by atoms with Gasteiger partial charge in [0.15, 0.2) is 5.13 Å². The van der Waals surface area contributed by atoms with E-state index in [-0.39, 0.29) is 5.91 Å². The molecule has 0 saturated heterocycles. The lowest BCUT2D eigenvalue weighted by atomic mass is 10.2. The summed E-state index contributed by atoms with van der Waals surface area (Å²) in [6, 6.07) is 9.02. The third-order valence-corrected chi connectivity index (χ3v) is 8.24. The Morgan fingerprint density at radius 3 is 2.61 bits per heavy atom. The second kappa shape index (κ2) is 14.4. The highest BCUT2D eigenvalue weighted by Gasteiger charge is 2.21. The zero-order chi connectivity index (χ0) is 24.2. The molecule has 1 heterocycles. The summed E-state index contributed by atoms with van der Waals surface area (Å²) in [4.78, 5) is 29.7. The van der Waals surface area contributed by atoms with Crippen LogP contribution in [0.25, 0.3) is 11.3 Å². The average Bonchev–Trinajstić information content (AvgIpc) is 3.28. The van der Waals surface area contributed by atoms with Crippen LogP contribution in [0.3, 0.4) is 0 Å². The molecule has 0 radical (unpaired) electrons. The Hall–Kier alpha value is -1.92. The van der Waals surface area contributed by atoms with Gasteiger partial charge in [-0.2, -0.15) is 11.8 Å². The second-order valence-electron chi connectivity index (χ2n) is 6.85. The van der Waals surface area contributed by atoms with Crippen LogP contribution in [0.15, 0.2) is 58.2 Å². The molecule has 0 aliphatic carbocycles. The Morgan fingerprint density at radius 1 is 1.24 bits per heavy atom. The molecule has 2 amide bonds. The molecule has 2 rings (SSSR count). The number of nitrogens with one attached hydrogen (secondary N) is 2. The number of thiazole rings is 1. The van der Waals surface area contributed by atoms with Gasteiger partial charge in [-0.15, -0.1) is 23.1 Å². The van der Waals surface area contributed by atoms with E-state index in [0.717, 1.165) is 11.3 Å². The highest BCUT2D eigenvalue weighted by molar-refractivity contribution is 8.15. The lowest BCUT2D eigenvalue weighted by molar-refractivity contribution is -0.123. The number of carbonyl (C=O) groups excluding carboxylic acids is 2. The smallest absolute Gasteiger partial charge is 0.248 e. The molecule has 1 aromatic carbocycles. The highest BCUT2D eigenvalue weighted by Crippen LogP contribution is 2.24. The van der Waals surface area contributed by atoms with E-state index in [0.29, 0.717) is 21.5 Å². The van der Waals surface area contributed by atoms with Crippen LogP contribution in [0.1, 0.15) is 6.42 Å². The number of amides is 2. The lowest BCUT2D eigenvalue weighted by Gasteiger charge is -2.16. The van der Waals surface area contributed by atoms with Crippen LogP contribution >= 0.6 is 34.9 Å². The van der Waals surface area contributed by atoms with Gasteiger partial charge in [0.25, 0.3) is 0 Å². The first-order valence-corrected chi connectivity index (χ1v) is 14.6. The summed E-state index contributed by atoms with van der Waals surface area (Å²) in [6.45, 7) is 0. The van der Waals surface area contributed by atoms with Crippen molar-refractivity contribution < 1.29 is 13.8 Å². The monoisotopic (exact) mass is 524 g/mol. The summed E-state index contributed by atoms with van der Waals surface area (Å²) in [7, 11) is 2.16. The van der Waals surface area contributed by atoms with E-state index in [1.807, 2.05) is 48.2 Å². The number of rotatable bonds is 12. The SMILES string of the molecule is CSCCC(NC(=O)/C=C/C=C(\SC)S(=O)N(C)C)C(=O)Nc1nc(-c2ccccc2)cs1. The number of thioether (sulfide) groups is 2. The topological polar surface area (TPSA) is 91.4 Å². The fourth-order valence-corrected chi connectivity index (χ4v) is 5.56. The molecule has 0 fully saturated rings. The molecule has 0 spiro atoms. The van der Waals surface area contributed by atoms with Crippen molar-refractivity contribution in [3.05, 3.63) is 58.2 Å². The van der Waals surface area contributed by atoms with Crippen LogP contribution in [0.2, 0.25) is 0 Å². The number of aromatic nitrogens is 1. The molecular formula is C22H28N4O3S4. The molecule has 2 unspecified atom stereocenters. The highest BCUT2D eigenvalue weighted by atomic mass is 32.2. The minimum absolute atomic E-state index is 0.311. The lowest BCUT2D eigenvalue weighted by Crippen LogP contribution is -2.43. The van der Waals surface area contributed by atoms with E-state index in [1.165, 1.54) is 29.2 Å². The Balaban J connectivity index is 2.03. The van der Waals surface area contributed by atoms with Crippen LogP contribution in [0.5, 0.6) is 0 Å². The molecule has 2 N–H and O–H groups in total. The Bertz CT molecular complexity index is 1010. The predicted octanol–water partition coefficient (Wildman–Crippen LogP) is 3.97. The van der Waals surface area contributed by atoms with Gasteiger partial charge in [0.05, 0.1) is 9.93 Å². The van der Waals surface area contributed by atoms with Gasteiger partial charge in [-0.1, -0.05) is 36.4 Å². The van der Waals surface area contributed by atoms with Crippen LogP contribution in [-0.2, 0) is 20.6 Å². The van der Waals surface area contributed by atoms with E-state index < -0.39 is 22.9 Å². The number of nitrogens with zero attached hydrogens (tertiary/aromatic N) is 2. The first kappa shape index (κ1) is 27.3. The van der Waals surface area contributed by atoms with E-state index >= 15 is 0 Å². The van der Waals surface area contributed by atoms with E-state index in [9.17, 15) is 13.8 Å². The van der Waals surface area contributed by atoms with Crippen molar-refractivity contribution in [3.63, 3.8) is 0 Å². The number of carbonyl (C=O) groups is 2. The molecule has 11 heteroatoms. The standard InChI is InChI=1S/C22H28N4O3S4/c1-26(2)33(29)20(31-4)12-8-11-19(27)23-17(13-14-30-3)21(28)25-22-24-18(15-32-22)16-9-6-5-7-10-16/h5-12,15,17H,13-14H2,1-4H3,(H,23,27)(H,24,25,28)/b11-8+,20-12+. The van der Waals surface area contributed by atoms with Gasteiger partial charge in [-0.05, 0) is 44.9 Å². The molecule has 0 aliphatic rings. The second-order valence-corrected chi connectivity index (χ2v) is 11.5. The summed E-state index contributed by atoms with van der Waals surface area (Å²) in [5.41, 5.74) is 1.76. The molecule has 2 aromatic rings. The maximum absolute atomic E-state index is 12.8. The minimum Gasteiger partial charge on any atom is -0.341 e. The van der Waals surface area contributed by atoms with Crippen LogP contribution < -0.4 is 10.6 Å². The molecule has 33 heavy (non-hydrogen) atoms. The fraction of sp³-hybridized carbons (Fsp3) is 0.318. The van der Waals surface area contributed by atoms with Crippen molar-refractivity contribution in [2.45, 2.75) is 12.5 Å². The quantitative estimate of drug-likeness (QED) is 0.323. The van der Waals surface area contributed by atoms with Crippen LogP contribution in [0.4, 0.5) is 5.13 Å². The fourth-order valence-electron chi connectivity index (χ4n) is 2.58. The van der Waals surface area contributed by atoms with E-state index in [2.05, 4.69) is 15.6 Å². The normalized spacial score (nSPS) is 13.8. The molecule has 7 nitrogen and oxygen atoms in total. The van der Waals surface area contributed by atoms with Crippen LogP contribution in [-0.4, -0.2) is 63.7 Å². The van der Waals surface area contributed by atoms with Crippen LogP contribution in [0, 0.1) is 0 Å². The maximum Gasteiger partial charge on any atom is 0.248 e. The zero-order valence-corrected chi connectivity index (χ0v) is 22.2. The van der Waals surface area contributed by atoms with Crippen molar-refractivity contribution in [2.75, 3.05) is 37.7 Å². The Kier molecular flexibility index (Phi) is 11.9. The number of benzene rings is 1. The van der Waals surface area contributed by atoms with Gasteiger partial charge in [0, 0.05) is 17.0 Å². The van der Waals surface area contributed by atoms with E-state index in [1.54, 1.807) is 42.3 Å². The third-order valence-electron chi connectivity index (χ3n) is 4.23. The number of hydrogen-bond donors (Lipinski definition) is 2. The van der Waals surface area contributed by atoms with Crippen molar-refractivity contribution in [1.29, 1.82) is 0 Å². The third kappa shape index (κ3) is 9.09. The number of hydrogen-bond acceptors (Lipinski definition) is 7. The number of anilines is 1. The first-order valence-electron chi connectivity index (χ1n) is 9.98. The molecule has 0 aliphatic heterocycles. The summed E-state index contributed by atoms with van der Waals surface area (Å²) >= 11 is 4.29. The maximum atomic E-state index is 12.8. The van der Waals surface area contributed by atoms with Gasteiger partial charge in [-0.25, -0.2) is 13.5 Å². The Labute approximate surface area is 210 Å². The zero-order valence-electron chi connectivity index (χ0n) is 18.9. The molecule has 0 bridgehead atoms. The first-order chi connectivity index (χ1) is 15.8. The van der Waals surface area contributed by atoms with E-state index in [4.69, 9.17) is 0 Å². The summed E-state index contributed by atoms with van der Waals surface area (Å²) in [5, 5.41) is 7.94.